The summed E-state index contributed by atoms with van der Waals surface area (Å²) in [5.41, 5.74) is 10.2. The van der Waals surface area contributed by atoms with Gasteiger partial charge in [0.05, 0.1) is 20.8 Å². The first-order valence-corrected chi connectivity index (χ1v) is 17.2. The molecule has 0 fully saturated rings. The van der Waals surface area contributed by atoms with Crippen molar-refractivity contribution in [2.24, 2.45) is 4.99 Å². The average Bonchev–Trinajstić information content (AvgIpc) is 3.59. The maximum Gasteiger partial charge on any atom is 0.266 e. The van der Waals surface area contributed by atoms with Crippen LogP contribution >= 0.6 is 0 Å². The van der Waals surface area contributed by atoms with Crippen LogP contribution < -0.4 is 25.1 Å². The van der Waals surface area contributed by atoms with Crippen molar-refractivity contribution < 1.29 is 28.8 Å². The van der Waals surface area contributed by atoms with Gasteiger partial charge in [0.15, 0.2) is 11.6 Å². The van der Waals surface area contributed by atoms with Crippen molar-refractivity contribution >= 4 is 17.9 Å². The van der Waals surface area contributed by atoms with Gasteiger partial charge in [0, 0.05) is 43.2 Å². The zero-order valence-electron chi connectivity index (χ0n) is 29.3. The number of aliphatic hydroxyl groups is 1. The number of carbonyl (C=O) groups is 1. The van der Waals surface area contributed by atoms with Crippen LogP contribution in [0.4, 0.5) is 0 Å². The maximum atomic E-state index is 14.6. The number of nitrogens with zero attached hydrogens (tertiary/aromatic N) is 1. The smallest absolute Gasteiger partial charge is 0.266 e. The van der Waals surface area contributed by atoms with Gasteiger partial charge >= 0.3 is 0 Å². The lowest BCUT2D eigenvalue weighted by Gasteiger charge is -2.30. The Balaban J connectivity index is 1.35. The van der Waals surface area contributed by atoms with E-state index in [9.17, 15) is 4.79 Å². The molecule has 2 atom stereocenters. The van der Waals surface area contributed by atoms with Crippen LogP contribution in [0.5, 0.6) is 17.2 Å². The molecular formula is C43H43N3O6. The van der Waals surface area contributed by atoms with Gasteiger partial charge in [-0.1, -0.05) is 103 Å². The number of hydrogen-bond donors (Lipinski definition) is 3. The van der Waals surface area contributed by atoms with Crippen LogP contribution in [0.2, 0.25) is 0 Å². The molecule has 3 N–H and O–H groups in total. The average molecular weight is 698 g/mol. The number of nitrogens with one attached hydrogen (secondary N) is 2. The van der Waals surface area contributed by atoms with Crippen molar-refractivity contribution in [1.29, 1.82) is 0 Å². The molecule has 9 heteroatoms. The molecule has 5 aromatic rings. The van der Waals surface area contributed by atoms with E-state index >= 15 is 0 Å². The number of amides is 1. The summed E-state index contributed by atoms with van der Waals surface area (Å²) >= 11 is 0. The molecular weight excluding hydrogens is 654 g/mol. The minimum absolute atomic E-state index is 0.0574. The van der Waals surface area contributed by atoms with E-state index in [1.165, 1.54) is 0 Å². The number of benzene rings is 5. The molecule has 266 valence electrons. The summed E-state index contributed by atoms with van der Waals surface area (Å²) < 4.78 is 23.4. The number of rotatable bonds is 16. The van der Waals surface area contributed by atoms with Gasteiger partial charge in [-0.2, -0.15) is 0 Å². The first-order chi connectivity index (χ1) is 25.5. The fourth-order valence-corrected chi connectivity index (χ4v) is 6.06. The van der Waals surface area contributed by atoms with Gasteiger partial charge in [0.1, 0.15) is 17.2 Å². The van der Waals surface area contributed by atoms with Gasteiger partial charge in [0.25, 0.3) is 5.91 Å². The van der Waals surface area contributed by atoms with Crippen molar-refractivity contribution in [3.05, 3.63) is 156 Å². The third kappa shape index (κ3) is 8.51. The SMILES string of the molecule is COc1ccc(CNNC(=O)[C@@]2(C/C=C/c3ccccc3)N=C(c3ccc(OCCCO)cc3)O[C@H]2c2ccc(-c3ccccc3)cc2)c(OC)c1. The molecule has 0 aliphatic carbocycles. The predicted molar refractivity (Wildman–Crippen MR) is 203 cm³/mol. The Hall–Kier alpha value is -5.90. The lowest BCUT2D eigenvalue weighted by Crippen LogP contribution is -2.52. The Kier molecular flexibility index (Phi) is 12.0. The lowest BCUT2D eigenvalue weighted by molar-refractivity contribution is -0.129. The molecule has 5 aromatic carbocycles. The van der Waals surface area contributed by atoms with Crippen LogP contribution in [-0.4, -0.2) is 49.9 Å². The zero-order valence-corrected chi connectivity index (χ0v) is 29.3. The molecule has 0 bridgehead atoms. The molecule has 9 nitrogen and oxygen atoms in total. The van der Waals surface area contributed by atoms with Gasteiger partial charge in [-0.05, 0) is 52.6 Å². The third-order valence-electron chi connectivity index (χ3n) is 8.86. The van der Waals surface area contributed by atoms with Crippen molar-refractivity contribution in [2.75, 3.05) is 27.4 Å². The molecule has 1 heterocycles. The summed E-state index contributed by atoms with van der Waals surface area (Å²) in [6.45, 7) is 0.753. The molecule has 0 unspecified atom stereocenters. The Labute approximate surface area is 304 Å². The van der Waals surface area contributed by atoms with Gasteiger partial charge in [-0.3, -0.25) is 10.2 Å². The van der Waals surface area contributed by atoms with E-state index < -0.39 is 11.6 Å². The molecule has 0 saturated heterocycles. The number of ether oxygens (including phenoxy) is 4. The highest BCUT2D eigenvalue weighted by Gasteiger charge is 2.52. The van der Waals surface area contributed by atoms with Crippen LogP contribution in [0.3, 0.4) is 0 Å². The van der Waals surface area contributed by atoms with Gasteiger partial charge < -0.3 is 24.1 Å². The molecule has 52 heavy (non-hydrogen) atoms. The molecule has 6 rings (SSSR count). The van der Waals surface area contributed by atoms with Gasteiger partial charge in [-0.25, -0.2) is 10.4 Å². The fourth-order valence-electron chi connectivity index (χ4n) is 6.06. The largest absolute Gasteiger partial charge is 0.497 e. The highest BCUT2D eigenvalue weighted by atomic mass is 16.5. The van der Waals surface area contributed by atoms with Crippen molar-refractivity contribution in [3.63, 3.8) is 0 Å². The molecule has 0 saturated carbocycles. The summed E-state index contributed by atoms with van der Waals surface area (Å²) in [6, 6.07) is 41.1. The third-order valence-corrected chi connectivity index (χ3v) is 8.86. The summed E-state index contributed by atoms with van der Waals surface area (Å²) in [5, 5.41) is 9.13. The second-order valence-corrected chi connectivity index (χ2v) is 12.3. The lowest BCUT2D eigenvalue weighted by atomic mass is 9.84. The molecule has 0 aromatic heterocycles. The highest BCUT2D eigenvalue weighted by Crippen LogP contribution is 2.43. The normalized spacial score (nSPS) is 16.6. The monoisotopic (exact) mass is 697 g/mol. The molecule has 1 aliphatic heterocycles. The number of hydrazine groups is 1. The zero-order chi connectivity index (χ0) is 36.2. The summed E-state index contributed by atoms with van der Waals surface area (Å²) in [6.07, 6.45) is 3.99. The summed E-state index contributed by atoms with van der Waals surface area (Å²) in [4.78, 5) is 19.7. The van der Waals surface area contributed by atoms with Crippen molar-refractivity contribution in [1.82, 2.24) is 10.9 Å². The quantitative estimate of drug-likeness (QED) is 0.0733. The summed E-state index contributed by atoms with van der Waals surface area (Å²) in [7, 11) is 3.20. The minimum Gasteiger partial charge on any atom is -0.497 e. The number of methoxy groups -OCH3 is 2. The Bertz CT molecular complexity index is 1960. The minimum atomic E-state index is -1.39. The molecule has 1 aliphatic rings. The Morgan fingerprint density at radius 2 is 1.50 bits per heavy atom. The van der Waals surface area contributed by atoms with E-state index in [1.54, 1.807) is 20.3 Å². The topological polar surface area (TPSA) is 111 Å². The van der Waals surface area contributed by atoms with Crippen LogP contribution in [-0.2, 0) is 16.1 Å². The van der Waals surface area contributed by atoms with E-state index in [-0.39, 0.29) is 18.9 Å². The van der Waals surface area contributed by atoms with E-state index in [1.807, 2.05) is 121 Å². The Morgan fingerprint density at radius 3 is 2.19 bits per heavy atom. The van der Waals surface area contributed by atoms with Crippen LogP contribution in [0.1, 0.15) is 41.2 Å². The van der Waals surface area contributed by atoms with Crippen LogP contribution in [0.15, 0.2) is 138 Å². The van der Waals surface area contributed by atoms with E-state index in [4.69, 9.17) is 29.0 Å². The molecule has 0 spiro atoms. The first kappa shape index (κ1) is 35.9. The number of carbonyl (C=O) groups excluding carboxylic acids is 1. The molecule has 0 radical (unpaired) electrons. The second-order valence-electron chi connectivity index (χ2n) is 12.3. The molecule has 1 amide bonds. The van der Waals surface area contributed by atoms with Crippen molar-refractivity contribution in [3.8, 4) is 28.4 Å². The summed E-state index contributed by atoms with van der Waals surface area (Å²) in [5.74, 6) is 1.96. The Morgan fingerprint density at radius 1 is 0.827 bits per heavy atom. The van der Waals surface area contributed by atoms with Crippen LogP contribution in [0, 0.1) is 0 Å². The number of aliphatic hydroxyl groups excluding tert-OH is 1. The number of hydrogen-bond acceptors (Lipinski definition) is 8. The van der Waals surface area contributed by atoms with Crippen molar-refractivity contribution in [2.45, 2.75) is 31.0 Å². The maximum absolute atomic E-state index is 14.6. The standard InChI is InChI=1S/C43H43N3O6/c1-49-38-25-22-36(39(29-38)50-2)30-44-46-42(48)43(26-9-13-31-11-5-3-6-12-31)40(34-18-16-33(17-19-34)32-14-7-4-8-15-32)52-41(45-43)35-20-23-37(24-21-35)51-28-10-27-47/h3-9,11-25,29,40,44,47H,10,26-28,30H2,1-2H3,(H,46,48)/b13-9+/t40-,43-/m0/s1. The van der Waals surface area contributed by atoms with E-state index in [2.05, 4.69) is 23.0 Å². The highest BCUT2D eigenvalue weighted by molar-refractivity contribution is 6.01. The van der Waals surface area contributed by atoms with Crippen LogP contribution in [0.25, 0.3) is 17.2 Å². The van der Waals surface area contributed by atoms with Gasteiger partial charge in [-0.15, -0.1) is 0 Å². The predicted octanol–water partition coefficient (Wildman–Crippen LogP) is 7.31. The van der Waals surface area contributed by atoms with E-state index in [0.717, 1.165) is 27.8 Å². The first-order valence-electron chi connectivity index (χ1n) is 17.2. The number of aliphatic imine (C=N–C) groups is 1. The van der Waals surface area contributed by atoms with Gasteiger partial charge in [0.2, 0.25) is 5.90 Å². The van der Waals surface area contributed by atoms with E-state index in [0.29, 0.717) is 48.3 Å². The fraction of sp³-hybridized carbons (Fsp3) is 0.209. The second kappa shape index (κ2) is 17.4.